The third-order valence-electron chi connectivity index (χ3n) is 7.79. The molecule has 11 heteroatoms. The number of cyclic esters (lactones) is 1. The molecule has 9 nitrogen and oxygen atoms in total. The number of fused-ring (bicyclic) bond motifs is 1. The van der Waals surface area contributed by atoms with E-state index in [9.17, 15) is 18.0 Å². The number of carbonyl (C=O) groups excluding carboxylic acids is 2. The molecule has 2 saturated heterocycles. The zero-order chi connectivity index (χ0) is 27.5. The van der Waals surface area contributed by atoms with Crippen molar-refractivity contribution in [1.82, 2.24) is 14.1 Å². The second-order valence-corrected chi connectivity index (χ2v) is 13.3. The summed E-state index contributed by atoms with van der Waals surface area (Å²) in [4.78, 5) is 31.1. The van der Waals surface area contributed by atoms with Crippen LogP contribution in [0.1, 0.15) is 75.2 Å². The Hall–Kier alpha value is -2.08. The van der Waals surface area contributed by atoms with E-state index < -0.39 is 15.6 Å². The lowest BCUT2D eigenvalue weighted by molar-refractivity contribution is -0.123. The minimum Gasteiger partial charge on any atom is -0.457 e. The molecule has 3 aliphatic heterocycles. The van der Waals surface area contributed by atoms with Crippen molar-refractivity contribution in [2.24, 2.45) is 0 Å². The fraction of sp³-hybridized carbons (Fsp3) is 0.667. The van der Waals surface area contributed by atoms with Crippen LogP contribution in [0.2, 0.25) is 0 Å². The highest BCUT2D eigenvalue weighted by molar-refractivity contribution is 7.89. The lowest BCUT2D eigenvalue weighted by Gasteiger charge is -2.34. The molecule has 0 N–H and O–H groups in total. The maximum Gasteiger partial charge on any atom is 0.338 e. The van der Waals surface area contributed by atoms with Crippen LogP contribution in [-0.2, 0) is 26.2 Å². The first-order valence-corrected chi connectivity index (χ1v) is 15.7. The molecule has 2 fully saturated rings. The zero-order valence-electron chi connectivity index (χ0n) is 22.8. The summed E-state index contributed by atoms with van der Waals surface area (Å²) < 4.78 is 31.2. The summed E-state index contributed by atoms with van der Waals surface area (Å²) in [7, 11) is -3.09. The molecule has 3 heterocycles. The number of piperazine rings is 1. The quantitative estimate of drug-likeness (QED) is 0.217. The van der Waals surface area contributed by atoms with Crippen LogP contribution in [0, 0.1) is 0 Å². The summed E-state index contributed by atoms with van der Waals surface area (Å²) >= 11 is 5.75. The minimum absolute atomic E-state index is 0.0599. The third kappa shape index (κ3) is 6.05. The van der Waals surface area contributed by atoms with Crippen LogP contribution in [-0.4, -0.2) is 90.1 Å². The van der Waals surface area contributed by atoms with E-state index >= 15 is 0 Å². The molecular weight excluding hydrogens is 524 g/mol. The Morgan fingerprint density at radius 3 is 2.32 bits per heavy atom. The van der Waals surface area contributed by atoms with Crippen molar-refractivity contribution in [1.29, 1.82) is 0 Å². The van der Waals surface area contributed by atoms with Gasteiger partial charge in [-0.15, -0.1) is 0 Å². The van der Waals surface area contributed by atoms with E-state index in [0.29, 0.717) is 35.9 Å². The first kappa shape index (κ1) is 28.9. The number of sulfonamides is 1. The average molecular weight is 565 g/mol. The SMILES string of the molecule is CCCS(=O)(=O)N1CCN(CCCCCCCN2C(=S)N(c3ccc4c(c3)COC4=O)C(=O)C2(C)C)CC1. The summed E-state index contributed by atoms with van der Waals surface area (Å²) in [5.41, 5.74) is 1.28. The van der Waals surface area contributed by atoms with Crippen molar-refractivity contribution in [2.45, 2.75) is 71.4 Å². The van der Waals surface area contributed by atoms with Gasteiger partial charge in [-0.1, -0.05) is 26.2 Å². The Bertz CT molecular complexity index is 1160. The minimum atomic E-state index is -3.09. The Labute approximate surface area is 232 Å². The number of thiocarbonyl (C=S) groups is 1. The number of unbranched alkanes of at least 4 members (excludes halogenated alkanes) is 4. The van der Waals surface area contributed by atoms with Crippen LogP contribution in [0.3, 0.4) is 0 Å². The van der Waals surface area contributed by atoms with E-state index in [4.69, 9.17) is 17.0 Å². The number of amides is 1. The second kappa shape index (κ2) is 12.0. The third-order valence-corrected chi connectivity index (χ3v) is 10.3. The number of nitrogens with zero attached hydrogens (tertiary/aromatic N) is 4. The highest BCUT2D eigenvalue weighted by Gasteiger charge is 2.49. The summed E-state index contributed by atoms with van der Waals surface area (Å²) in [6.07, 6.45) is 6.01. The highest BCUT2D eigenvalue weighted by Crippen LogP contribution is 2.34. The van der Waals surface area contributed by atoms with Gasteiger partial charge in [-0.05, 0) is 70.1 Å². The Balaban J connectivity index is 1.18. The van der Waals surface area contributed by atoms with Gasteiger partial charge < -0.3 is 14.5 Å². The number of hydrogen-bond donors (Lipinski definition) is 0. The van der Waals surface area contributed by atoms with Crippen LogP contribution in [0.15, 0.2) is 18.2 Å². The molecule has 38 heavy (non-hydrogen) atoms. The first-order chi connectivity index (χ1) is 18.1. The van der Waals surface area contributed by atoms with Gasteiger partial charge >= 0.3 is 5.97 Å². The molecule has 3 aliphatic rings. The van der Waals surface area contributed by atoms with E-state index in [1.165, 1.54) is 0 Å². The van der Waals surface area contributed by atoms with Crippen LogP contribution in [0.25, 0.3) is 0 Å². The standard InChI is InChI=1S/C27H40N4O5S2/c1-4-18-38(34,35)29-16-14-28(15-17-29)12-8-6-5-7-9-13-30-26(37)31(25(33)27(30,2)3)22-10-11-23-21(19-22)20-36-24(23)32/h10-11,19H,4-9,12-18,20H2,1-3H3. The Kier molecular flexibility index (Phi) is 9.11. The molecule has 1 aromatic carbocycles. The number of ether oxygens (including phenoxy) is 1. The number of rotatable bonds is 12. The maximum atomic E-state index is 13.3. The lowest BCUT2D eigenvalue weighted by atomic mass is 10.0. The fourth-order valence-electron chi connectivity index (χ4n) is 5.45. The fourth-order valence-corrected chi connectivity index (χ4v) is 7.45. The molecule has 0 atom stereocenters. The summed E-state index contributed by atoms with van der Waals surface area (Å²) in [6.45, 7) is 10.5. The van der Waals surface area contributed by atoms with Crippen molar-refractivity contribution in [2.75, 3.05) is 49.9 Å². The predicted molar refractivity (Wildman–Crippen MR) is 152 cm³/mol. The van der Waals surface area contributed by atoms with Crippen LogP contribution in [0.4, 0.5) is 5.69 Å². The predicted octanol–water partition coefficient (Wildman–Crippen LogP) is 3.38. The highest BCUT2D eigenvalue weighted by atomic mass is 32.2. The summed E-state index contributed by atoms with van der Waals surface area (Å²) in [6, 6.07) is 5.30. The molecule has 0 radical (unpaired) electrons. The molecule has 1 amide bonds. The maximum absolute atomic E-state index is 13.3. The Morgan fingerprint density at radius 1 is 0.974 bits per heavy atom. The molecule has 0 saturated carbocycles. The van der Waals surface area contributed by atoms with E-state index in [1.54, 1.807) is 21.3 Å². The molecule has 210 valence electrons. The molecule has 0 unspecified atom stereocenters. The monoisotopic (exact) mass is 564 g/mol. The molecule has 0 bridgehead atoms. The van der Waals surface area contributed by atoms with E-state index in [2.05, 4.69) is 4.90 Å². The lowest BCUT2D eigenvalue weighted by Crippen LogP contribution is -2.49. The van der Waals surface area contributed by atoms with E-state index in [-0.39, 0.29) is 24.2 Å². The number of carbonyl (C=O) groups is 2. The number of esters is 1. The van der Waals surface area contributed by atoms with Gasteiger partial charge in [0.2, 0.25) is 10.0 Å². The van der Waals surface area contributed by atoms with E-state index in [1.807, 2.05) is 31.7 Å². The Morgan fingerprint density at radius 2 is 1.63 bits per heavy atom. The molecule has 0 aliphatic carbocycles. The van der Waals surface area contributed by atoms with Gasteiger partial charge in [-0.2, -0.15) is 4.31 Å². The molecule has 0 aromatic heterocycles. The first-order valence-electron chi connectivity index (χ1n) is 13.7. The summed E-state index contributed by atoms with van der Waals surface area (Å²) in [5, 5.41) is 0.505. The van der Waals surface area contributed by atoms with Crippen LogP contribution >= 0.6 is 12.2 Å². The molecule has 4 rings (SSSR count). The average Bonchev–Trinajstić information content (AvgIpc) is 3.32. The number of benzene rings is 1. The van der Waals surface area contributed by atoms with Gasteiger partial charge in [0.05, 0.1) is 17.0 Å². The van der Waals surface area contributed by atoms with Crippen molar-refractivity contribution in [3.63, 3.8) is 0 Å². The largest absolute Gasteiger partial charge is 0.457 e. The van der Waals surface area contributed by atoms with Gasteiger partial charge in [0.25, 0.3) is 5.91 Å². The van der Waals surface area contributed by atoms with Gasteiger partial charge in [0.15, 0.2) is 5.11 Å². The smallest absolute Gasteiger partial charge is 0.338 e. The van der Waals surface area contributed by atoms with Gasteiger partial charge in [-0.25, -0.2) is 13.2 Å². The van der Waals surface area contributed by atoms with Crippen molar-refractivity contribution in [3.8, 4) is 0 Å². The van der Waals surface area contributed by atoms with E-state index in [0.717, 1.165) is 63.8 Å². The normalized spacial score (nSPS) is 20.3. The molecular formula is C27H40N4O5S2. The number of hydrogen-bond acceptors (Lipinski definition) is 7. The van der Waals surface area contributed by atoms with Crippen molar-refractivity contribution < 1.29 is 22.7 Å². The second-order valence-electron chi connectivity index (χ2n) is 10.9. The molecule has 1 aromatic rings. The van der Waals surface area contributed by atoms with Crippen molar-refractivity contribution in [3.05, 3.63) is 29.3 Å². The van der Waals surface area contributed by atoms with Crippen LogP contribution in [0.5, 0.6) is 0 Å². The van der Waals surface area contributed by atoms with Gasteiger partial charge in [0.1, 0.15) is 12.1 Å². The molecule has 0 spiro atoms. The van der Waals surface area contributed by atoms with Gasteiger partial charge in [-0.3, -0.25) is 9.69 Å². The van der Waals surface area contributed by atoms with Crippen LogP contribution < -0.4 is 4.90 Å². The van der Waals surface area contributed by atoms with Crippen molar-refractivity contribution >= 4 is 44.9 Å². The number of anilines is 1. The summed E-state index contributed by atoms with van der Waals surface area (Å²) in [5.74, 6) is -0.149. The topological polar surface area (TPSA) is 90.5 Å². The van der Waals surface area contributed by atoms with Gasteiger partial charge in [0, 0.05) is 38.3 Å². The zero-order valence-corrected chi connectivity index (χ0v) is 24.4.